The third-order valence-corrected chi connectivity index (χ3v) is 5.83. The normalized spacial score (nSPS) is 10.7. The average Bonchev–Trinajstić information content (AvgIpc) is 2.99. The van der Waals surface area contributed by atoms with E-state index in [1.54, 1.807) is 48.5 Å². The lowest BCUT2D eigenvalue weighted by Gasteiger charge is -2.12. The van der Waals surface area contributed by atoms with Gasteiger partial charge in [0.1, 0.15) is 13.2 Å². The molecular weight excluding hydrogens is 512 g/mol. The van der Waals surface area contributed by atoms with Gasteiger partial charge in [0.2, 0.25) is 0 Å². The molecule has 4 aromatic carbocycles. The minimum absolute atomic E-state index is 0.209. The number of hydrogen-bond donors (Lipinski definition) is 2. The molecule has 0 unspecified atom stereocenters. The van der Waals surface area contributed by atoms with Crippen LogP contribution in [0.15, 0.2) is 96.1 Å². The number of hydrazone groups is 1. The molecule has 0 saturated heterocycles. The number of hydrogen-bond acceptors (Lipinski definition) is 7. The Morgan fingerprint density at radius 1 is 0.725 bits per heavy atom. The average molecular weight is 541 g/mol. The first kappa shape index (κ1) is 27.7. The van der Waals surface area contributed by atoms with Crippen LogP contribution in [-0.2, 0) is 13.2 Å². The number of benzene rings is 4. The van der Waals surface area contributed by atoms with Crippen LogP contribution in [0.2, 0.25) is 0 Å². The van der Waals surface area contributed by atoms with Gasteiger partial charge in [0.25, 0.3) is 5.91 Å². The lowest BCUT2D eigenvalue weighted by atomic mass is 10.1. The van der Waals surface area contributed by atoms with Crippen molar-refractivity contribution < 1.29 is 33.6 Å². The molecule has 0 aliphatic rings. The van der Waals surface area contributed by atoms with E-state index >= 15 is 0 Å². The van der Waals surface area contributed by atoms with Gasteiger partial charge in [-0.25, -0.2) is 10.2 Å². The standard InChI is InChI=1S/C31H28N2O7/c1-37-28-16-23(10-14-26(28)40-20-22-8-11-24(12-9-22)31(35)36)18-32-33-30(34)25-13-15-27(29(17-25)38-2)39-19-21-6-4-3-5-7-21/h3-18H,19-20H2,1-2H3,(H,33,34)(H,35,36)/b32-18+. The molecule has 1 amide bonds. The zero-order valence-electron chi connectivity index (χ0n) is 22.0. The number of nitrogens with one attached hydrogen (secondary N) is 1. The van der Waals surface area contributed by atoms with Crippen molar-refractivity contribution in [2.75, 3.05) is 14.2 Å². The highest BCUT2D eigenvalue weighted by Gasteiger charge is 2.12. The van der Waals surface area contributed by atoms with E-state index in [2.05, 4.69) is 10.5 Å². The van der Waals surface area contributed by atoms with Crippen LogP contribution in [0.3, 0.4) is 0 Å². The number of methoxy groups -OCH3 is 2. The van der Waals surface area contributed by atoms with Gasteiger partial charge in [0.15, 0.2) is 23.0 Å². The minimum atomic E-state index is -0.982. The molecule has 2 N–H and O–H groups in total. The van der Waals surface area contributed by atoms with Crippen molar-refractivity contribution in [1.29, 1.82) is 0 Å². The molecule has 0 spiro atoms. The Balaban J connectivity index is 1.34. The van der Waals surface area contributed by atoms with Gasteiger partial charge in [0.05, 0.1) is 26.0 Å². The van der Waals surface area contributed by atoms with Gasteiger partial charge in [-0.2, -0.15) is 5.10 Å². The van der Waals surface area contributed by atoms with Crippen LogP contribution < -0.4 is 24.4 Å². The minimum Gasteiger partial charge on any atom is -0.493 e. The molecule has 4 aromatic rings. The van der Waals surface area contributed by atoms with Crippen LogP contribution in [0, 0.1) is 0 Å². The summed E-state index contributed by atoms with van der Waals surface area (Å²) in [6.45, 7) is 0.611. The topological polar surface area (TPSA) is 116 Å². The number of rotatable bonds is 12. The zero-order chi connectivity index (χ0) is 28.3. The molecule has 9 heteroatoms. The summed E-state index contributed by atoms with van der Waals surface area (Å²) >= 11 is 0. The Kier molecular flexibility index (Phi) is 9.34. The van der Waals surface area contributed by atoms with Crippen molar-refractivity contribution in [1.82, 2.24) is 5.43 Å². The number of amides is 1. The van der Waals surface area contributed by atoms with Crippen LogP contribution in [0.1, 0.15) is 37.4 Å². The predicted octanol–water partition coefficient (Wildman–Crippen LogP) is 5.32. The Morgan fingerprint density at radius 3 is 1.93 bits per heavy atom. The van der Waals surface area contributed by atoms with Gasteiger partial charge in [-0.05, 0) is 65.2 Å². The Labute approximate surface area is 231 Å². The summed E-state index contributed by atoms with van der Waals surface area (Å²) in [6.07, 6.45) is 1.49. The maximum Gasteiger partial charge on any atom is 0.335 e. The van der Waals surface area contributed by atoms with E-state index in [0.717, 1.165) is 11.1 Å². The molecule has 0 aliphatic carbocycles. The molecule has 0 aliphatic heterocycles. The first-order valence-corrected chi connectivity index (χ1v) is 12.3. The van der Waals surface area contributed by atoms with Gasteiger partial charge >= 0.3 is 5.97 Å². The lowest BCUT2D eigenvalue weighted by molar-refractivity contribution is 0.0696. The SMILES string of the molecule is COc1cc(/C=N/NC(=O)c2ccc(OCc3ccccc3)c(OC)c2)ccc1OCc1ccc(C(=O)O)cc1. The predicted molar refractivity (Wildman–Crippen MR) is 150 cm³/mol. The van der Waals surface area contributed by atoms with Crippen molar-refractivity contribution in [3.8, 4) is 23.0 Å². The molecule has 0 heterocycles. The molecule has 0 aromatic heterocycles. The maximum absolute atomic E-state index is 12.7. The molecular formula is C31H28N2O7. The van der Waals surface area contributed by atoms with Crippen LogP contribution in [0.5, 0.6) is 23.0 Å². The third kappa shape index (κ3) is 7.38. The highest BCUT2D eigenvalue weighted by atomic mass is 16.5. The third-order valence-electron chi connectivity index (χ3n) is 5.83. The number of nitrogens with zero attached hydrogens (tertiary/aromatic N) is 1. The molecule has 0 radical (unpaired) electrons. The maximum atomic E-state index is 12.7. The monoisotopic (exact) mass is 540 g/mol. The van der Waals surface area contributed by atoms with E-state index in [1.807, 2.05) is 30.3 Å². The second kappa shape index (κ2) is 13.5. The summed E-state index contributed by atoms with van der Waals surface area (Å²) in [7, 11) is 3.04. The van der Waals surface area contributed by atoms with Crippen LogP contribution in [0.25, 0.3) is 0 Å². The largest absolute Gasteiger partial charge is 0.493 e. The van der Waals surface area contributed by atoms with E-state index in [-0.39, 0.29) is 12.2 Å². The smallest absolute Gasteiger partial charge is 0.335 e. The summed E-state index contributed by atoms with van der Waals surface area (Å²) in [4.78, 5) is 23.7. The molecule has 4 rings (SSSR count). The van der Waals surface area contributed by atoms with Crippen molar-refractivity contribution in [2.24, 2.45) is 5.10 Å². The number of aromatic carboxylic acids is 1. The molecule has 0 saturated carbocycles. The molecule has 40 heavy (non-hydrogen) atoms. The van der Waals surface area contributed by atoms with Gasteiger partial charge in [-0.1, -0.05) is 42.5 Å². The summed E-state index contributed by atoms with van der Waals surface area (Å²) in [6, 6.07) is 26.3. The van der Waals surface area contributed by atoms with Gasteiger partial charge in [0, 0.05) is 5.56 Å². The number of carboxylic acid groups (broad SMARTS) is 1. The number of carboxylic acids is 1. The van der Waals surface area contributed by atoms with Gasteiger partial charge in [-0.3, -0.25) is 4.79 Å². The highest BCUT2D eigenvalue weighted by Crippen LogP contribution is 2.30. The molecule has 9 nitrogen and oxygen atoms in total. The molecule has 0 fully saturated rings. The molecule has 0 atom stereocenters. The van der Waals surface area contributed by atoms with E-state index in [0.29, 0.717) is 40.7 Å². The molecule has 0 bridgehead atoms. The highest BCUT2D eigenvalue weighted by molar-refractivity contribution is 5.95. The number of carbonyl (C=O) groups excluding carboxylic acids is 1. The fraction of sp³-hybridized carbons (Fsp3) is 0.129. The molecule has 204 valence electrons. The van der Waals surface area contributed by atoms with Crippen molar-refractivity contribution in [2.45, 2.75) is 13.2 Å². The van der Waals surface area contributed by atoms with Crippen LogP contribution in [-0.4, -0.2) is 37.4 Å². The Hall–Kier alpha value is -5.31. The lowest BCUT2D eigenvalue weighted by Crippen LogP contribution is -2.17. The second-order valence-corrected chi connectivity index (χ2v) is 8.54. The van der Waals surface area contributed by atoms with E-state index < -0.39 is 11.9 Å². The van der Waals surface area contributed by atoms with Crippen LogP contribution >= 0.6 is 0 Å². The van der Waals surface area contributed by atoms with Gasteiger partial charge in [-0.15, -0.1) is 0 Å². The van der Waals surface area contributed by atoms with Crippen molar-refractivity contribution >= 4 is 18.1 Å². The Morgan fingerprint density at radius 2 is 1.30 bits per heavy atom. The number of ether oxygens (including phenoxy) is 4. The zero-order valence-corrected chi connectivity index (χ0v) is 22.0. The fourth-order valence-corrected chi connectivity index (χ4v) is 3.68. The summed E-state index contributed by atoms with van der Waals surface area (Å²) in [5.41, 5.74) is 5.59. The number of carbonyl (C=O) groups is 2. The summed E-state index contributed by atoms with van der Waals surface area (Å²) in [5, 5.41) is 13.1. The van der Waals surface area contributed by atoms with E-state index in [9.17, 15) is 9.59 Å². The fourth-order valence-electron chi connectivity index (χ4n) is 3.68. The first-order chi connectivity index (χ1) is 19.5. The van der Waals surface area contributed by atoms with Gasteiger partial charge < -0.3 is 24.1 Å². The van der Waals surface area contributed by atoms with Crippen molar-refractivity contribution in [3.63, 3.8) is 0 Å². The first-order valence-electron chi connectivity index (χ1n) is 12.3. The van der Waals surface area contributed by atoms with E-state index in [4.69, 9.17) is 24.1 Å². The quantitative estimate of drug-likeness (QED) is 0.184. The van der Waals surface area contributed by atoms with E-state index in [1.165, 1.54) is 32.6 Å². The Bertz CT molecular complexity index is 1490. The summed E-state index contributed by atoms with van der Waals surface area (Å²) < 4.78 is 22.5. The van der Waals surface area contributed by atoms with Crippen LogP contribution in [0.4, 0.5) is 0 Å². The summed E-state index contributed by atoms with van der Waals surface area (Å²) in [5.74, 6) is 0.555. The van der Waals surface area contributed by atoms with Crippen molar-refractivity contribution in [3.05, 3.63) is 119 Å². The second-order valence-electron chi connectivity index (χ2n) is 8.54.